The van der Waals surface area contributed by atoms with Gasteiger partial charge in [-0.05, 0) is 85.2 Å². The Hall–Kier alpha value is -11.2. The summed E-state index contributed by atoms with van der Waals surface area (Å²) in [4.78, 5) is 16.8. The number of rotatable bonds is 6. The van der Waals surface area contributed by atoms with Crippen molar-refractivity contribution in [2.45, 2.75) is 0 Å². The molecule has 0 fully saturated rings. The Kier molecular flexibility index (Phi) is 21.9. The van der Waals surface area contributed by atoms with Crippen LogP contribution in [-0.2, 0) is 0 Å². The average molecular weight is 1250 g/mol. The number of nitrogens with zero attached hydrogens (tertiary/aromatic N) is 8. The van der Waals surface area contributed by atoms with Crippen LogP contribution in [0.3, 0.4) is 0 Å². The highest BCUT2D eigenvalue weighted by Gasteiger charge is 2.14. The molecule has 0 amide bonds. The summed E-state index contributed by atoms with van der Waals surface area (Å²) in [5, 5.41) is 73.0. The van der Waals surface area contributed by atoms with Crippen LogP contribution in [0.15, 0.2) is 229 Å². The molecule has 0 unspecified atom stereocenters. The number of aromatic nitrogens is 4. The Balaban J connectivity index is 0.000000156. The van der Waals surface area contributed by atoms with Gasteiger partial charge in [0.15, 0.2) is 11.7 Å². The molecule has 22 heteroatoms. The molecule has 8 aromatic carbocycles. The molecule has 0 aliphatic heterocycles. The lowest BCUT2D eigenvalue weighted by Gasteiger charge is -2.10. The number of fused-ring (bicyclic) bond motifs is 4. The van der Waals surface area contributed by atoms with Gasteiger partial charge in [-0.25, -0.2) is 25.8 Å². The molecule has 86 heavy (non-hydrogen) atoms. The highest BCUT2D eigenvalue weighted by Crippen LogP contribution is 2.35. The zero-order chi connectivity index (χ0) is 61.7. The third-order valence-corrected chi connectivity index (χ3v) is 14.2. The molecule has 20 nitrogen and oxygen atoms in total. The number of oxime groups is 2. The fourth-order valence-corrected chi connectivity index (χ4v) is 9.39. The summed E-state index contributed by atoms with van der Waals surface area (Å²) in [7, 11) is -1.46. The number of amidine groups is 2. The van der Waals surface area contributed by atoms with Crippen molar-refractivity contribution in [3.63, 3.8) is 0 Å². The molecule has 0 aliphatic rings. The standard InChI is InChI=1S/2C16H14N4O.C16H11N3.C9H7IN2.C7H6BNO2.H3NO/c2*17-15(20-21)11-7-5-10(6-8-11)14-13-4-2-1-3-12(13)9-19-16(14)18;17-9-11-5-7-12(8-6-11)15-14-4-2-1-3-13(14)10-19-16(15)18;10-8-7-4-2-1-3-6(7)5-12-9(8)11;9-5-6-1-3-7(4-2-6)8(10)11;1-2/h2*1-9,21H,(H2,17,20)(H2,18,19);1-8,10H,(H2,18,19);1-5H,(H2,11,12);1-4,10-11H;2H,1H2. The van der Waals surface area contributed by atoms with Crippen LogP contribution in [0.25, 0.3) is 76.5 Å². The van der Waals surface area contributed by atoms with Crippen molar-refractivity contribution in [2.24, 2.45) is 27.7 Å². The van der Waals surface area contributed by atoms with E-state index in [0.717, 1.165) is 74.7 Å². The number of anilines is 4. The molecule has 19 N–H and O–H groups in total. The second-order valence-electron chi connectivity index (χ2n) is 18.3. The Morgan fingerprint density at radius 1 is 0.407 bits per heavy atom. The molecule has 0 radical (unpaired) electrons. The van der Waals surface area contributed by atoms with Crippen LogP contribution in [0.2, 0.25) is 0 Å². The number of halogens is 1. The SMILES string of the molecule is N#Cc1ccc(-c2c(N)ncc3ccccc23)cc1.N#Cc1ccc(B(O)O)cc1.N/C(=N/O)c1ccc(-c2c(N)ncc3ccccc23)cc1.N/C(=N/O)c1ccc(-c2c(N)ncc3ccccc23)cc1.NO.Nc1ncc2ccccc2c1I. The van der Waals surface area contributed by atoms with Gasteiger partial charge < -0.3 is 60.1 Å². The van der Waals surface area contributed by atoms with Crippen LogP contribution in [0.1, 0.15) is 22.3 Å². The summed E-state index contributed by atoms with van der Waals surface area (Å²) >= 11 is 2.22. The molecular formula is C64H55BIN15O5. The van der Waals surface area contributed by atoms with Gasteiger partial charge in [-0.15, -0.1) is 0 Å². The number of hydrogen-bond acceptors (Lipinski definition) is 18. The predicted octanol–water partition coefficient (Wildman–Crippen LogP) is 9.51. The lowest BCUT2D eigenvalue weighted by Crippen LogP contribution is -2.29. The van der Waals surface area contributed by atoms with E-state index in [1.807, 2.05) is 133 Å². The summed E-state index contributed by atoms with van der Waals surface area (Å²) < 4.78 is 1.03. The van der Waals surface area contributed by atoms with Crippen LogP contribution in [0.4, 0.5) is 23.3 Å². The van der Waals surface area contributed by atoms with Gasteiger partial charge in [0.2, 0.25) is 0 Å². The maximum absolute atomic E-state index is 8.84. The maximum Gasteiger partial charge on any atom is 0.488 e. The van der Waals surface area contributed by atoms with Crippen molar-refractivity contribution < 1.29 is 25.7 Å². The van der Waals surface area contributed by atoms with Crippen LogP contribution in [0, 0.1) is 26.2 Å². The number of nitriles is 2. The summed E-state index contributed by atoms with van der Waals surface area (Å²) in [6, 6.07) is 64.1. The number of nitrogen functional groups attached to an aromatic ring is 4. The first kappa shape index (κ1) is 62.4. The lowest BCUT2D eigenvalue weighted by molar-refractivity contribution is 0.311. The normalized spacial score (nSPS) is 10.6. The van der Waals surface area contributed by atoms with Gasteiger partial charge in [-0.3, -0.25) is 0 Å². The average Bonchev–Trinajstić information content (AvgIpc) is 2.25. The van der Waals surface area contributed by atoms with E-state index in [9.17, 15) is 0 Å². The van der Waals surface area contributed by atoms with Crippen molar-refractivity contribution in [1.29, 1.82) is 10.5 Å². The summed E-state index contributed by atoms with van der Waals surface area (Å²) in [5.41, 5.74) is 43.3. The van der Waals surface area contributed by atoms with Crippen LogP contribution < -0.4 is 45.8 Å². The summed E-state index contributed by atoms with van der Waals surface area (Å²) in [5.74, 6) is 5.71. The van der Waals surface area contributed by atoms with Crippen molar-refractivity contribution in [2.75, 3.05) is 22.9 Å². The van der Waals surface area contributed by atoms with E-state index in [-0.39, 0.29) is 11.7 Å². The zero-order valence-corrected chi connectivity index (χ0v) is 47.8. The largest absolute Gasteiger partial charge is 0.488 e. The molecule has 4 aromatic heterocycles. The summed E-state index contributed by atoms with van der Waals surface area (Å²) in [6.07, 6.45) is 7.10. The minimum Gasteiger partial charge on any atom is -0.423 e. The van der Waals surface area contributed by atoms with Gasteiger partial charge in [0.1, 0.15) is 23.3 Å². The summed E-state index contributed by atoms with van der Waals surface area (Å²) in [6.45, 7) is 0. The number of nitrogens with two attached hydrogens (primary N) is 7. The quantitative estimate of drug-likeness (QED) is 0.0184. The second kappa shape index (κ2) is 30.2. The first-order valence-corrected chi connectivity index (χ1v) is 26.8. The van der Waals surface area contributed by atoms with Crippen molar-refractivity contribution in [3.8, 4) is 45.5 Å². The second-order valence-corrected chi connectivity index (χ2v) is 19.4. The first-order valence-electron chi connectivity index (χ1n) is 25.7. The number of pyridine rings is 4. The van der Waals surface area contributed by atoms with Crippen LogP contribution in [0.5, 0.6) is 0 Å². The van der Waals surface area contributed by atoms with E-state index in [0.29, 0.717) is 51.0 Å². The molecular weight excluding hydrogens is 1200 g/mol. The highest BCUT2D eigenvalue weighted by atomic mass is 127. The molecule has 0 saturated carbocycles. The van der Waals surface area contributed by atoms with Crippen molar-refractivity contribution in [3.05, 3.63) is 245 Å². The maximum atomic E-state index is 8.84. The van der Waals surface area contributed by atoms with Crippen LogP contribution in [-0.4, -0.2) is 64.4 Å². The number of hydrogen-bond donors (Lipinski definition) is 12. The van der Waals surface area contributed by atoms with Crippen molar-refractivity contribution >= 4 is 113 Å². The predicted molar refractivity (Wildman–Crippen MR) is 350 cm³/mol. The molecule has 0 aliphatic carbocycles. The van der Waals surface area contributed by atoms with E-state index in [2.05, 4.69) is 70.9 Å². The Morgan fingerprint density at radius 2 is 0.686 bits per heavy atom. The van der Waals surface area contributed by atoms with Crippen LogP contribution >= 0.6 is 22.6 Å². The van der Waals surface area contributed by atoms with E-state index >= 15 is 0 Å². The topological polar surface area (TPSA) is 407 Å². The zero-order valence-electron chi connectivity index (χ0n) is 45.6. The van der Waals surface area contributed by atoms with Gasteiger partial charge in [-0.2, -0.15) is 10.5 Å². The monoisotopic (exact) mass is 1250 g/mol. The van der Waals surface area contributed by atoms with Gasteiger partial charge in [0.25, 0.3) is 0 Å². The van der Waals surface area contributed by atoms with Gasteiger partial charge in [0, 0.05) is 79.5 Å². The molecule has 0 spiro atoms. The van der Waals surface area contributed by atoms with Crippen molar-refractivity contribution in [1.82, 2.24) is 19.9 Å². The molecule has 4 heterocycles. The fraction of sp³-hybridized carbons (Fsp3) is 0. The molecule has 0 saturated heterocycles. The van der Waals surface area contributed by atoms with Gasteiger partial charge >= 0.3 is 7.12 Å². The minimum absolute atomic E-state index is 0.0746. The molecule has 0 atom stereocenters. The minimum atomic E-state index is -1.46. The number of benzene rings is 8. The Bertz CT molecular complexity index is 4290. The van der Waals surface area contributed by atoms with E-state index in [1.54, 1.807) is 61.2 Å². The smallest absolute Gasteiger partial charge is 0.423 e. The molecule has 12 rings (SSSR count). The Morgan fingerprint density at radius 3 is 1.00 bits per heavy atom. The van der Waals surface area contributed by atoms with E-state index < -0.39 is 7.12 Å². The third kappa shape index (κ3) is 15.2. The third-order valence-electron chi connectivity index (χ3n) is 13.0. The Labute approximate surface area is 507 Å². The fourth-order valence-electron chi connectivity index (χ4n) is 8.76. The first-order chi connectivity index (χ1) is 41.7. The van der Waals surface area contributed by atoms with Gasteiger partial charge in [0.05, 0.1) is 26.8 Å². The van der Waals surface area contributed by atoms with Gasteiger partial charge in [-0.1, -0.05) is 180 Å². The highest BCUT2D eigenvalue weighted by molar-refractivity contribution is 14.1. The lowest BCUT2D eigenvalue weighted by atomic mass is 9.80. The molecule has 12 aromatic rings. The molecule has 426 valence electrons. The van der Waals surface area contributed by atoms with E-state index in [1.165, 1.54) is 29.7 Å². The molecule has 0 bridgehead atoms. The van der Waals surface area contributed by atoms with E-state index in [4.69, 9.17) is 70.6 Å².